The Morgan fingerprint density at radius 3 is 2.82 bits per heavy atom. The molecule has 0 unspecified atom stereocenters. The van der Waals surface area contributed by atoms with E-state index >= 15 is 0 Å². The van der Waals surface area contributed by atoms with Crippen molar-refractivity contribution in [1.82, 2.24) is 24.5 Å². The molecule has 0 aromatic carbocycles. The van der Waals surface area contributed by atoms with Crippen LogP contribution in [0.25, 0.3) is 22.4 Å². The van der Waals surface area contributed by atoms with E-state index in [0.29, 0.717) is 17.9 Å². The highest BCUT2D eigenvalue weighted by Gasteiger charge is 2.14. The molecule has 0 saturated carbocycles. The zero-order chi connectivity index (χ0) is 19.5. The minimum Gasteiger partial charge on any atom is -0.324 e. The zero-order valence-electron chi connectivity index (χ0n) is 15.9. The largest absolute Gasteiger partial charge is 0.324 e. The molecule has 0 saturated heterocycles. The predicted octanol–water partition coefficient (Wildman–Crippen LogP) is 4.07. The van der Waals surface area contributed by atoms with Crippen molar-refractivity contribution in [2.24, 2.45) is 0 Å². The van der Waals surface area contributed by atoms with E-state index in [-0.39, 0.29) is 0 Å². The first-order valence-electron chi connectivity index (χ1n) is 9.32. The number of imidazole rings is 1. The topological polar surface area (TPSA) is 80.3 Å². The summed E-state index contributed by atoms with van der Waals surface area (Å²) in [7, 11) is 0. The molecule has 0 aliphatic carbocycles. The molecule has 4 rings (SSSR count). The fourth-order valence-electron chi connectivity index (χ4n) is 3.38. The SMILES string of the molecule is CCCc1c(Cn2ccnc2-c2cccc(C#N)n2)ncc2ccc(C)nc12. The second-order valence-electron chi connectivity index (χ2n) is 6.72. The number of nitrogens with zero attached hydrogens (tertiary/aromatic N) is 6. The van der Waals surface area contributed by atoms with E-state index in [1.165, 1.54) is 5.56 Å². The second-order valence-corrected chi connectivity index (χ2v) is 6.72. The quantitative estimate of drug-likeness (QED) is 0.530. The maximum absolute atomic E-state index is 9.13. The molecule has 6 heteroatoms. The molecule has 4 aromatic heterocycles. The number of hydrogen-bond donors (Lipinski definition) is 0. The average molecular weight is 368 g/mol. The van der Waals surface area contributed by atoms with Crippen LogP contribution in [0.3, 0.4) is 0 Å². The third-order valence-corrected chi connectivity index (χ3v) is 4.69. The number of fused-ring (bicyclic) bond motifs is 1. The third kappa shape index (κ3) is 3.35. The molecule has 4 heterocycles. The van der Waals surface area contributed by atoms with Crippen LogP contribution in [0.15, 0.2) is 48.9 Å². The van der Waals surface area contributed by atoms with Gasteiger partial charge in [0, 0.05) is 35.2 Å². The molecule has 0 atom stereocenters. The highest BCUT2D eigenvalue weighted by molar-refractivity contribution is 5.81. The minimum absolute atomic E-state index is 0.377. The van der Waals surface area contributed by atoms with Crippen molar-refractivity contribution in [1.29, 1.82) is 5.26 Å². The van der Waals surface area contributed by atoms with E-state index in [1.807, 2.05) is 42.1 Å². The minimum atomic E-state index is 0.377. The molecule has 0 N–H and O–H groups in total. The number of rotatable bonds is 5. The molecule has 0 aliphatic rings. The first kappa shape index (κ1) is 17.8. The van der Waals surface area contributed by atoms with Crippen LogP contribution < -0.4 is 0 Å². The van der Waals surface area contributed by atoms with E-state index in [0.717, 1.165) is 41.0 Å². The Balaban J connectivity index is 1.78. The van der Waals surface area contributed by atoms with Gasteiger partial charge >= 0.3 is 0 Å². The van der Waals surface area contributed by atoms with Crippen molar-refractivity contribution < 1.29 is 0 Å². The highest BCUT2D eigenvalue weighted by atomic mass is 15.1. The lowest BCUT2D eigenvalue weighted by Gasteiger charge is -2.13. The van der Waals surface area contributed by atoms with Gasteiger partial charge in [0.05, 0.1) is 17.8 Å². The van der Waals surface area contributed by atoms with Crippen molar-refractivity contribution >= 4 is 10.9 Å². The Kier molecular flexibility index (Phi) is 4.81. The third-order valence-electron chi connectivity index (χ3n) is 4.69. The van der Waals surface area contributed by atoms with Gasteiger partial charge in [-0.3, -0.25) is 9.97 Å². The molecule has 6 nitrogen and oxygen atoms in total. The first-order chi connectivity index (χ1) is 13.7. The van der Waals surface area contributed by atoms with Gasteiger partial charge in [0.15, 0.2) is 5.82 Å². The molecule has 138 valence electrons. The summed E-state index contributed by atoms with van der Waals surface area (Å²) in [6.07, 6.45) is 7.50. The first-order valence-corrected chi connectivity index (χ1v) is 9.32. The summed E-state index contributed by atoms with van der Waals surface area (Å²) >= 11 is 0. The standard InChI is InChI=1S/C22H20N6/c1-3-5-18-20(25-13-16-9-8-15(2)26-21(16)18)14-28-11-10-24-22(28)19-7-4-6-17(12-23)27-19/h4,6-11,13H,3,5,14H2,1-2H3. The molecule has 0 radical (unpaired) electrons. The van der Waals surface area contributed by atoms with Crippen LogP contribution in [0.5, 0.6) is 0 Å². The van der Waals surface area contributed by atoms with Crippen LogP contribution in [-0.4, -0.2) is 24.5 Å². The Hall–Kier alpha value is -3.59. The average Bonchev–Trinajstić information content (AvgIpc) is 3.18. The number of aryl methyl sites for hydroxylation is 2. The fourth-order valence-corrected chi connectivity index (χ4v) is 3.38. The number of nitriles is 1. The van der Waals surface area contributed by atoms with E-state index in [1.54, 1.807) is 12.3 Å². The number of pyridine rings is 3. The summed E-state index contributed by atoms with van der Waals surface area (Å²) in [4.78, 5) is 18.3. The molecule has 4 aromatic rings. The van der Waals surface area contributed by atoms with Crippen LogP contribution in [0.2, 0.25) is 0 Å². The molecular weight excluding hydrogens is 348 g/mol. The predicted molar refractivity (Wildman–Crippen MR) is 108 cm³/mol. The van der Waals surface area contributed by atoms with E-state index in [2.05, 4.69) is 29.0 Å². The van der Waals surface area contributed by atoms with Crippen LogP contribution in [0.1, 0.15) is 36.0 Å². The van der Waals surface area contributed by atoms with Gasteiger partial charge in [-0.2, -0.15) is 5.26 Å². The summed E-state index contributed by atoms with van der Waals surface area (Å²) in [5.41, 5.74) is 5.25. The van der Waals surface area contributed by atoms with Crippen molar-refractivity contribution in [3.05, 3.63) is 71.6 Å². The molecular formula is C22H20N6. The zero-order valence-corrected chi connectivity index (χ0v) is 15.9. The highest BCUT2D eigenvalue weighted by Crippen LogP contribution is 2.23. The van der Waals surface area contributed by atoms with Gasteiger partial charge in [-0.1, -0.05) is 19.4 Å². The van der Waals surface area contributed by atoms with E-state index in [9.17, 15) is 0 Å². The van der Waals surface area contributed by atoms with Gasteiger partial charge in [-0.15, -0.1) is 0 Å². The molecule has 0 spiro atoms. The fraction of sp³-hybridized carbons (Fsp3) is 0.227. The molecule has 0 bridgehead atoms. The number of hydrogen-bond acceptors (Lipinski definition) is 5. The maximum atomic E-state index is 9.13. The molecule has 28 heavy (non-hydrogen) atoms. The van der Waals surface area contributed by atoms with Crippen LogP contribution >= 0.6 is 0 Å². The summed E-state index contributed by atoms with van der Waals surface area (Å²) in [5.74, 6) is 0.721. The van der Waals surface area contributed by atoms with E-state index < -0.39 is 0 Å². The van der Waals surface area contributed by atoms with Gasteiger partial charge in [0.2, 0.25) is 0 Å². The van der Waals surface area contributed by atoms with Gasteiger partial charge in [0.25, 0.3) is 0 Å². The molecule has 0 fully saturated rings. The van der Waals surface area contributed by atoms with Crippen molar-refractivity contribution in [2.75, 3.05) is 0 Å². The van der Waals surface area contributed by atoms with Crippen molar-refractivity contribution in [2.45, 2.75) is 33.2 Å². The summed E-state index contributed by atoms with van der Waals surface area (Å²) < 4.78 is 2.02. The van der Waals surface area contributed by atoms with Crippen LogP contribution in [0, 0.1) is 18.3 Å². The monoisotopic (exact) mass is 368 g/mol. The Bertz CT molecular complexity index is 1190. The summed E-state index contributed by atoms with van der Waals surface area (Å²) in [5, 5.41) is 10.2. The van der Waals surface area contributed by atoms with Crippen molar-refractivity contribution in [3.63, 3.8) is 0 Å². The lowest BCUT2D eigenvalue weighted by Crippen LogP contribution is -2.08. The molecule has 0 amide bonds. The lowest BCUT2D eigenvalue weighted by molar-refractivity contribution is 0.759. The van der Waals surface area contributed by atoms with Crippen LogP contribution in [-0.2, 0) is 13.0 Å². The van der Waals surface area contributed by atoms with Gasteiger partial charge < -0.3 is 4.57 Å². The lowest BCUT2D eigenvalue weighted by atomic mass is 10.0. The van der Waals surface area contributed by atoms with E-state index in [4.69, 9.17) is 15.2 Å². The normalized spacial score (nSPS) is 10.9. The Morgan fingerprint density at radius 2 is 2.00 bits per heavy atom. The Labute approximate surface area is 163 Å². The van der Waals surface area contributed by atoms with Crippen molar-refractivity contribution in [3.8, 4) is 17.6 Å². The smallest absolute Gasteiger partial charge is 0.159 e. The van der Waals surface area contributed by atoms with Gasteiger partial charge in [0.1, 0.15) is 17.5 Å². The number of aromatic nitrogens is 5. The molecule has 0 aliphatic heterocycles. The van der Waals surface area contributed by atoms with Gasteiger partial charge in [-0.25, -0.2) is 9.97 Å². The summed E-state index contributed by atoms with van der Waals surface area (Å²) in [6.45, 7) is 4.75. The second kappa shape index (κ2) is 7.57. The Morgan fingerprint density at radius 1 is 1.11 bits per heavy atom. The van der Waals surface area contributed by atoms with Gasteiger partial charge in [-0.05, 0) is 37.6 Å². The summed E-state index contributed by atoms with van der Waals surface area (Å²) in [6, 6.07) is 11.6. The maximum Gasteiger partial charge on any atom is 0.159 e. The van der Waals surface area contributed by atoms with Crippen LogP contribution in [0.4, 0.5) is 0 Å².